The summed E-state index contributed by atoms with van der Waals surface area (Å²) in [7, 11) is 0. The van der Waals surface area contributed by atoms with Crippen molar-refractivity contribution in [1.29, 1.82) is 0 Å². The fourth-order valence-corrected chi connectivity index (χ4v) is 2.21. The lowest BCUT2D eigenvalue weighted by atomic mass is 10.0. The molecular formula is C14H22N2O2. The summed E-state index contributed by atoms with van der Waals surface area (Å²) in [5.74, 6) is 6.56. The van der Waals surface area contributed by atoms with Crippen LogP contribution in [0.15, 0.2) is 18.2 Å². The molecular weight excluding hydrogens is 228 g/mol. The Morgan fingerprint density at radius 3 is 3.17 bits per heavy atom. The lowest BCUT2D eigenvalue weighted by molar-refractivity contribution is 0.120. The van der Waals surface area contributed by atoms with Gasteiger partial charge in [-0.2, -0.15) is 0 Å². The van der Waals surface area contributed by atoms with Crippen molar-refractivity contribution in [2.75, 3.05) is 19.8 Å². The highest BCUT2D eigenvalue weighted by Crippen LogP contribution is 2.26. The van der Waals surface area contributed by atoms with Crippen molar-refractivity contribution < 1.29 is 9.47 Å². The number of fused-ring (bicyclic) bond motifs is 1. The minimum atomic E-state index is 0.217. The second kappa shape index (κ2) is 6.73. The lowest BCUT2D eigenvalue weighted by Crippen LogP contribution is -2.39. The van der Waals surface area contributed by atoms with Crippen LogP contribution in [-0.2, 0) is 17.6 Å². The number of hydrogen-bond donors (Lipinski definition) is 2. The first-order chi connectivity index (χ1) is 8.83. The van der Waals surface area contributed by atoms with Crippen LogP contribution in [0.2, 0.25) is 0 Å². The van der Waals surface area contributed by atoms with Gasteiger partial charge in [-0.25, -0.2) is 0 Å². The molecule has 1 aliphatic rings. The molecule has 2 rings (SSSR count). The molecule has 0 spiro atoms. The Bertz CT molecular complexity index is 382. The van der Waals surface area contributed by atoms with E-state index in [9.17, 15) is 0 Å². The summed E-state index contributed by atoms with van der Waals surface area (Å²) < 4.78 is 10.9. The molecule has 0 bridgehead atoms. The molecule has 0 saturated heterocycles. The third-order valence-electron chi connectivity index (χ3n) is 3.29. The molecule has 0 fully saturated rings. The molecule has 1 unspecified atom stereocenters. The SMILES string of the molecule is CCOCC(CCc1ccc2c(c1)CCO2)NN. The van der Waals surface area contributed by atoms with Crippen LogP contribution < -0.4 is 16.0 Å². The van der Waals surface area contributed by atoms with Crippen molar-refractivity contribution in [3.63, 3.8) is 0 Å². The first-order valence-electron chi connectivity index (χ1n) is 6.62. The average molecular weight is 250 g/mol. The molecule has 1 heterocycles. The highest BCUT2D eigenvalue weighted by atomic mass is 16.5. The van der Waals surface area contributed by atoms with E-state index in [1.165, 1.54) is 11.1 Å². The number of nitrogens with two attached hydrogens (primary N) is 1. The molecule has 0 radical (unpaired) electrons. The molecule has 1 aromatic carbocycles. The fraction of sp³-hybridized carbons (Fsp3) is 0.571. The van der Waals surface area contributed by atoms with Gasteiger partial charge in [0, 0.05) is 19.1 Å². The molecule has 4 heteroatoms. The summed E-state index contributed by atoms with van der Waals surface area (Å²) in [6.45, 7) is 4.21. The Morgan fingerprint density at radius 1 is 1.50 bits per heavy atom. The zero-order valence-electron chi connectivity index (χ0n) is 10.9. The number of hydrogen-bond acceptors (Lipinski definition) is 4. The standard InChI is InChI=1S/C14H22N2O2/c1-2-17-10-13(16-15)5-3-11-4-6-14-12(9-11)7-8-18-14/h4,6,9,13,16H,2-3,5,7-8,10,15H2,1H3. The van der Waals surface area contributed by atoms with E-state index in [2.05, 4.69) is 23.6 Å². The van der Waals surface area contributed by atoms with E-state index in [0.717, 1.165) is 38.2 Å². The van der Waals surface area contributed by atoms with Crippen molar-refractivity contribution in [2.24, 2.45) is 5.84 Å². The number of ether oxygens (including phenoxy) is 2. The molecule has 0 aromatic heterocycles. The van der Waals surface area contributed by atoms with Crippen molar-refractivity contribution >= 4 is 0 Å². The van der Waals surface area contributed by atoms with Gasteiger partial charge in [-0.15, -0.1) is 0 Å². The maximum Gasteiger partial charge on any atom is 0.122 e. The second-order valence-electron chi connectivity index (χ2n) is 4.60. The number of benzene rings is 1. The Hall–Kier alpha value is -1.10. The first-order valence-corrected chi connectivity index (χ1v) is 6.62. The van der Waals surface area contributed by atoms with Crippen molar-refractivity contribution in [3.05, 3.63) is 29.3 Å². The van der Waals surface area contributed by atoms with Crippen LogP contribution in [-0.4, -0.2) is 25.9 Å². The zero-order valence-corrected chi connectivity index (χ0v) is 10.9. The van der Waals surface area contributed by atoms with E-state index < -0.39 is 0 Å². The summed E-state index contributed by atoms with van der Waals surface area (Å²) in [5.41, 5.74) is 5.48. The van der Waals surface area contributed by atoms with E-state index >= 15 is 0 Å². The van der Waals surface area contributed by atoms with Gasteiger partial charge < -0.3 is 9.47 Å². The molecule has 18 heavy (non-hydrogen) atoms. The summed E-state index contributed by atoms with van der Waals surface area (Å²) in [5, 5.41) is 0. The van der Waals surface area contributed by atoms with Crippen molar-refractivity contribution in [3.8, 4) is 5.75 Å². The molecule has 1 aliphatic heterocycles. The lowest BCUT2D eigenvalue weighted by Gasteiger charge is -2.15. The van der Waals surface area contributed by atoms with Crippen LogP contribution in [0.1, 0.15) is 24.5 Å². The van der Waals surface area contributed by atoms with E-state index in [4.69, 9.17) is 15.3 Å². The largest absolute Gasteiger partial charge is 0.493 e. The number of nitrogens with one attached hydrogen (secondary N) is 1. The van der Waals surface area contributed by atoms with E-state index in [0.29, 0.717) is 6.61 Å². The first kappa shape index (κ1) is 13.3. The Balaban J connectivity index is 1.85. The van der Waals surface area contributed by atoms with Gasteiger partial charge in [0.05, 0.1) is 13.2 Å². The topological polar surface area (TPSA) is 56.5 Å². The van der Waals surface area contributed by atoms with Crippen LogP contribution in [0.4, 0.5) is 0 Å². The molecule has 1 atom stereocenters. The van der Waals surface area contributed by atoms with Gasteiger partial charge >= 0.3 is 0 Å². The highest BCUT2D eigenvalue weighted by molar-refractivity contribution is 5.39. The third-order valence-corrected chi connectivity index (χ3v) is 3.29. The molecule has 0 aliphatic carbocycles. The third kappa shape index (κ3) is 3.45. The summed E-state index contributed by atoms with van der Waals surface area (Å²) in [4.78, 5) is 0. The van der Waals surface area contributed by atoms with E-state index in [1.807, 2.05) is 6.92 Å². The Morgan fingerprint density at radius 2 is 2.39 bits per heavy atom. The van der Waals surface area contributed by atoms with Gasteiger partial charge in [0.25, 0.3) is 0 Å². The average Bonchev–Trinajstić information content (AvgIpc) is 2.86. The number of hydrazine groups is 1. The number of rotatable bonds is 7. The molecule has 1 aromatic rings. The predicted molar refractivity (Wildman–Crippen MR) is 71.6 cm³/mol. The van der Waals surface area contributed by atoms with Crippen molar-refractivity contribution in [2.45, 2.75) is 32.2 Å². The quantitative estimate of drug-likeness (QED) is 0.567. The summed E-state index contributed by atoms with van der Waals surface area (Å²) in [6.07, 6.45) is 3.02. The Kier molecular flexibility index (Phi) is 4.99. The van der Waals surface area contributed by atoms with Crippen LogP contribution in [0.25, 0.3) is 0 Å². The van der Waals surface area contributed by atoms with E-state index in [1.54, 1.807) is 0 Å². The maximum atomic E-state index is 5.52. The highest BCUT2D eigenvalue weighted by Gasteiger charge is 2.13. The second-order valence-corrected chi connectivity index (χ2v) is 4.60. The molecule has 0 amide bonds. The van der Waals surface area contributed by atoms with Crippen LogP contribution in [0.5, 0.6) is 5.75 Å². The normalized spacial score (nSPS) is 15.2. The predicted octanol–water partition coefficient (Wildman–Crippen LogP) is 1.42. The molecule has 100 valence electrons. The molecule has 3 N–H and O–H groups in total. The summed E-state index contributed by atoms with van der Waals surface area (Å²) >= 11 is 0. The zero-order chi connectivity index (χ0) is 12.8. The van der Waals surface area contributed by atoms with Crippen LogP contribution >= 0.6 is 0 Å². The van der Waals surface area contributed by atoms with E-state index in [-0.39, 0.29) is 6.04 Å². The molecule has 0 saturated carbocycles. The number of aryl methyl sites for hydroxylation is 1. The van der Waals surface area contributed by atoms with Gasteiger partial charge in [0.15, 0.2) is 0 Å². The van der Waals surface area contributed by atoms with Gasteiger partial charge in [0.1, 0.15) is 5.75 Å². The molecule has 4 nitrogen and oxygen atoms in total. The Labute approximate surface area is 108 Å². The van der Waals surface area contributed by atoms with Gasteiger partial charge in [0.2, 0.25) is 0 Å². The van der Waals surface area contributed by atoms with Gasteiger partial charge in [-0.05, 0) is 37.0 Å². The smallest absolute Gasteiger partial charge is 0.122 e. The van der Waals surface area contributed by atoms with Crippen LogP contribution in [0, 0.1) is 0 Å². The minimum Gasteiger partial charge on any atom is -0.493 e. The van der Waals surface area contributed by atoms with Crippen molar-refractivity contribution in [1.82, 2.24) is 5.43 Å². The maximum absolute atomic E-state index is 5.52. The van der Waals surface area contributed by atoms with Gasteiger partial charge in [-0.1, -0.05) is 12.1 Å². The fourth-order valence-electron chi connectivity index (χ4n) is 2.21. The minimum absolute atomic E-state index is 0.217. The van der Waals surface area contributed by atoms with Gasteiger partial charge in [-0.3, -0.25) is 11.3 Å². The summed E-state index contributed by atoms with van der Waals surface area (Å²) in [6, 6.07) is 6.68. The monoisotopic (exact) mass is 250 g/mol. The van der Waals surface area contributed by atoms with Crippen LogP contribution in [0.3, 0.4) is 0 Å².